The van der Waals surface area contributed by atoms with Crippen molar-refractivity contribution >= 4 is 47.0 Å². The predicted molar refractivity (Wildman–Crippen MR) is 145 cm³/mol. The summed E-state index contributed by atoms with van der Waals surface area (Å²) in [6, 6.07) is 7.92. The summed E-state index contributed by atoms with van der Waals surface area (Å²) in [5, 5.41) is 4.84. The molecule has 0 fully saturated rings. The number of halogens is 5. The molecule has 2 aromatic carbocycles. The van der Waals surface area contributed by atoms with Gasteiger partial charge in [-0.15, -0.1) is 11.8 Å². The third kappa shape index (κ3) is 8.76. The quantitative estimate of drug-likeness (QED) is 0.280. The second-order valence-corrected chi connectivity index (χ2v) is 12.1. The van der Waals surface area contributed by atoms with Crippen molar-refractivity contribution in [2.75, 3.05) is 11.4 Å². The molecule has 0 aliphatic carbocycles. The lowest BCUT2D eigenvalue weighted by molar-refractivity contribution is -0.135. The Kier molecular flexibility index (Phi) is 9.99. The van der Waals surface area contributed by atoms with Crippen molar-refractivity contribution < 1.29 is 36.7 Å². The second kappa shape index (κ2) is 12.7. The number of alkyl halides is 3. The molecule has 218 valence electrons. The molecule has 2 aromatic rings. The Hall–Kier alpha value is -2.99. The van der Waals surface area contributed by atoms with Crippen molar-refractivity contribution in [1.29, 1.82) is 0 Å². The summed E-state index contributed by atoms with van der Waals surface area (Å²) in [6.07, 6.45) is -6.64. The van der Waals surface area contributed by atoms with Gasteiger partial charge in [0.1, 0.15) is 17.5 Å². The molecule has 0 spiro atoms. The SMILES string of the molecule is C[C@H]1Sc2cc(F)c(C(=O)NCCCC(F)(F)F)cc2N(Cc2ccc(Cl)cc2)C(=O)[C@H]1NC(=O)OC(C)(C)C. The van der Waals surface area contributed by atoms with Crippen molar-refractivity contribution in [1.82, 2.24) is 10.6 Å². The van der Waals surface area contributed by atoms with E-state index in [1.807, 2.05) is 0 Å². The average Bonchev–Trinajstić information content (AvgIpc) is 2.91. The lowest BCUT2D eigenvalue weighted by atomic mass is 10.1. The molecule has 3 rings (SSSR count). The highest BCUT2D eigenvalue weighted by Gasteiger charge is 2.38. The molecule has 2 N–H and O–H groups in total. The first-order valence-electron chi connectivity index (χ1n) is 12.4. The van der Waals surface area contributed by atoms with E-state index in [1.54, 1.807) is 52.0 Å². The molecule has 13 heteroatoms. The molecular weight excluding hydrogens is 574 g/mol. The zero-order chi connectivity index (χ0) is 29.8. The first-order chi connectivity index (χ1) is 18.5. The van der Waals surface area contributed by atoms with E-state index in [4.69, 9.17) is 16.3 Å². The Balaban J connectivity index is 1.96. The zero-order valence-electron chi connectivity index (χ0n) is 22.3. The molecule has 3 amide bonds. The standard InChI is InChI=1S/C27H30ClF4N3O4S/c1-15-22(34-25(38)39-26(2,3)4)24(37)35(14-16-6-8-17(28)9-7-16)20-12-18(19(29)13-21(20)40-15)23(36)33-11-5-10-27(30,31)32/h6-9,12-13,15,22H,5,10-11,14H2,1-4H3,(H,33,36)(H,34,38)/t15-,22+/m1/s1. The molecular formula is C27H30ClF4N3O4S. The zero-order valence-corrected chi connectivity index (χ0v) is 23.9. The molecule has 0 unspecified atom stereocenters. The monoisotopic (exact) mass is 603 g/mol. The Bertz CT molecular complexity index is 1250. The fraction of sp³-hybridized carbons (Fsp3) is 0.444. The number of nitrogens with zero attached hydrogens (tertiary/aromatic N) is 1. The van der Waals surface area contributed by atoms with Gasteiger partial charge < -0.3 is 20.3 Å². The molecule has 1 heterocycles. The van der Waals surface area contributed by atoms with Crippen LogP contribution in [0.2, 0.25) is 5.02 Å². The molecule has 0 radical (unpaired) electrons. The first-order valence-corrected chi connectivity index (χ1v) is 13.7. The fourth-order valence-corrected chi connectivity index (χ4v) is 5.22. The molecule has 7 nitrogen and oxygen atoms in total. The maximum atomic E-state index is 15.1. The normalized spacial score (nSPS) is 17.6. The highest BCUT2D eigenvalue weighted by atomic mass is 35.5. The third-order valence-corrected chi connectivity index (χ3v) is 7.22. The summed E-state index contributed by atoms with van der Waals surface area (Å²) in [7, 11) is 0. The fourth-order valence-electron chi connectivity index (χ4n) is 3.91. The van der Waals surface area contributed by atoms with Crippen LogP contribution in [0.25, 0.3) is 0 Å². The van der Waals surface area contributed by atoms with Crippen molar-refractivity contribution in [3.8, 4) is 0 Å². The number of hydrogen-bond acceptors (Lipinski definition) is 5. The Morgan fingerprint density at radius 2 is 1.77 bits per heavy atom. The van der Waals surface area contributed by atoms with Gasteiger partial charge in [0.2, 0.25) is 0 Å². The molecule has 1 aliphatic heterocycles. The smallest absolute Gasteiger partial charge is 0.408 e. The summed E-state index contributed by atoms with van der Waals surface area (Å²) in [6.45, 7) is 6.43. The number of alkyl carbamates (subject to hydrolysis) is 1. The lowest BCUT2D eigenvalue weighted by Crippen LogP contribution is -2.52. The van der Waals surface area contributed by atoms with Crippen LogP contribution in [0.5, 0.6) is 0 Å². The molecule has 40 heavy (non-hydrogen) atoms. The highest BCUT2D eigenvalue weighted by Crippen LogP contribution is 2.40. The summed E-state index contributed by atoms with van der Waals surface area (Å²) in [5.74, 6) is -2.33. The highest BCUT2D eigenvalue weighted by molar-refractivity contribution is 8.00. The van der Waals surface area contributed by atoms with Crippen LogP contribution in [0.15, 0.2) is 41.3 Å². The number of carbonyl (C=O) groups is 3. The Morgan fingerprint density at radius 3 is 2.38 bits per heavy atom. The predicted octanol–water partition coefficient (Wildman–Crippen LogP) is 6.47. The van der Waals surface area contributed by atoms with Gasteiger partial charge >= 0.3 is 12.3 Å². The van der Waals surface area contributed by atoms with Gasteiger partial charge in [0.05, 0.1) is 17.8 Å². The van der Waals surface area contributed by atoms with Crippen LogP contribution < -0.4 is 15.5 Å². The number of carbonyl (C=O) groups excluding carboxylic acids is 3. The van der Waals surface area contributed by atoms with Crippen LogP contribution in [0.3, 0.4) is 0 Å². The minimum Gasteiger partial charge on any atom is -0.444 e. The van der Waals surface area contributed by atoms with Crippen molar-refractivity contribution in [2.24, 2.45) is 0 Å². The first kappa shape index (κ1) is 31.5. The van der Waals surface area contributed by atoms with E-state index in [0.717, 1.165) is 17.8 Å². The summed E-state index contributed by atoms with van der Waals surface area (Å²) >= 11 is 7.13. The number of thioether (sulfide) groups is 1. The number of fused-ring (bicyclic) bond motifs is 1. The van der Waals surface area contributed by atoms with Gasteiger partial charge in [-0.2, -0.15) is 13.2 Å². The van der Waals surface area contributed by atoms with Crippen LogP contribution in [-0.4, -0.2) is 47.5 Å². The number of ether oxygens (including phenoxy) is 1. The lowest BCUT2D eigenvalue weighted by Gasteiger charge is -2.29. The minimum atomic E-state index is -4.37. The van der Waals surface area contributed by atoms with Gasteiger partial charge in [-0.05, 0) is 57.0 Å². The molecule has 1 aliphatic rings. The van der Waals surface area contributed by atoms with Gasteiger partial charge in [-0.25, -0.2) is 9.18 Å². The molecule has 0 bridgehead atoms. The van der Waals surface area contributed by atoms with E-state index >= 15 is 4.39 Å². The molecule has 0 saturated heterocycles. The summed E-state index contributed by atoms with van der Waals surface area (Å²) < 4.78 is 57.8. The molecule has 2 atom stereocenters. The number of benzene rings is 2. The summed E-state index contributed by atoms with van der Waals surface area (Å²) in [4.78, 5) is 40.9. The van der Waals surface area contributed by atoms with Gasteiger partial charge in [0.25, 0.3) is 11.8 Å². The van der Waals surface area contributed by atoms with Gasteiger partial charge in [0, 0.05) is 28.1 Å². The third-order valence-electron chi connectivity index (χ3n) is 5.75. The van der Waals surface area contributed by atoms with E-state index in [9.17, 15) is 27.6 Å². The average molecular weight is 604 g/mol. The number of nitrogens with one attached hydrogen (secondary N) is 2. The van der Waals surface area contributed by atoms with Crippen molar-refractivity contribution in [2.45, 2.75) is 75.0 Å². The van der Waals surface area contributed by atoms with Crippen LogP contribution in [0.4, 0.5) is 28.0 Å². The van der Waals surface area contributed by atoms with Crippen LogP contribution in [0, 0.1) is 5.82 Å². The van der Waals surface area contributed by atoms with Gasteiger partial charge in [-0.1, -0.05) is 30.7 Å². The molecule has 0 aromatic heterocycles. The Morgan fingerprint density at radius 1 is 1.12 bits per heavy atom. The van der Waals surface area contributed by atoms with Gasteiger partial charge in [0.15, 0.2) is 0 Å². The van der Waals surface area contributed by atoms with E-state index in [0.29, 0.717) is 15.5 Å². The maximum Gasteiger partial charge on any atom is 0.408 e. The number of anilines is 1. The van der Waals surface area contributed by atoms with Crippen molar-refractivity contribution in [3.63, 3.8) is 0 Å². The van der Waals surface area contributed by atoms with Gasteiger partial charge in [-0.3, -0.25) is 9.59 Å². The second-order valence-electron chi connectivity index (χ2n) is 10.3. The van der Waals surface area contributed by atoms with Crippen LogP contribution in [-0.2, 0) is 16.1 Å². The van der Waals surface area contributed by atoms with E-state index < -0.39 is 58.8 Å². The number of hydrogen-bond donors (Lipinski definition) is 2. The maximum absolute atomic E-state index is 15.1. The topological polar surface area (TPSA) is 87.7 Å². The van der Waals surface area contributed by atoms with Crippen LogP contribution in [0.1, 0.15) is 56.5 Å². The minimum absolute atomic E-state index is 0.00105. The van der Waals surface area contributed by atoms with Crippen LogP contribution >= 0.6 is 23.4 Å². The van der Waals surface area contributed by atoms with E-state index in [1.165, 1.54) is 11.0 Å². The van der Waals surface area contributed by atoms with Crippen molar-refractivity contribution in [3.05, 3.63) is 58.4 Å². The summed E-state index contributed by atoms with van der Waals surface area (Å²) in [5.41, 5.74) is -0.355. The van der Waals surface area contributed by atoms with E-state index in [-0.39, 0.29) is 25.2 Å². The largest absolute Gasteiger partial charge is 0.444 e. The van der Waals surface area contributed by atoms with E-state index in [2.05, 4.69) is 10.6 Å². The number of amides is 3. The molecule has 0 saturated carbocycles. The Labute approximate surface area is 239 Å². The number of rotatable bonds is 7.